The van der Waals surface area contributed by atoms with E-state index in [2.05, 4.69) is 61.5 Å². The Hall–Kier alpha value is 0.190. The molecule has 1 atom stereocenters. The van der Waals surface area contributed by atoms with Crippen LogP contribution in [0.2, 0.25) is 0 Å². The molecule has 0 spiro atoms. The van der Waals surface area contributed by atoms with Gasteiger partial charge in [-0.2, -0.15) is 34.5 Å². The first-order valence-electron chi connectivity index (χ1n) is 6.54. The van der Waals surface area contributed by atoms with Crippen LogP contribution < -0.4 is 24.8 Å². The van der Waals surface area contributed by atoms with Crippen molar-refractivity contribution in [2.24, 2.45) is 0 Å². The molecular weight excluding hydrogens is 485 g/mol. The van der Waals surface area contributed by atoms with E-state index < -0.39 is 0 Å². The van der Waals surface area contributed by atoms with Gasteiger partial charge in [-0.3, -0.25) is 6.08 Å². The zero-order valence-electron chi connectivity index (χ0n) is 11.9. The minimum Gasteiger partial charge on any atom is -1.00 e. The molecular formula is C17H17Cl2HfP. The van der Waals surface area contributed by atoms with E-state index in [-0.39, 0.29) is 50.7 Å². The summed E-state index contributed by atoms with van der Waals surface area (Å²) in [5, 5.41) is 4.27. The summed E-state index contributed by atoms with van der Waals surface area (Å²) in [5.41, 5.74) is 1.61. The van der Waals surface area contributed by atoms with Crippen molar-refractivity contribution in [1.29, 1.82) is 0 Å². The molecule has 1 heterocycles. The standard InChI is InChI=1S/C9H7.C8H10P.2ClH.Hf/c1-2-5-9-7-3-6-8(9)4-1;1-2-9-6-7-4-3-5-8(7)9;;;/h1-7H;4H,2-3,6H2,1H3;2*1H;/q2*-1;;;+4/p-2. The van der Waals surface area contributed by atoms with E-state index in [4.69, 9.17) is 0 Å². The average molecular weight is 502 g/mol. The van der Waals surface area contributed by atoms with Gasteiger partial charge in [0.1, 0.15) is 0 Å². The van der Waals surface area contributed by atoms with Gasteiger partial charge in [-0.1, -0.05) is 19.2 Å². The van der Waals surface area contributed by atoms with Gasteiger partial charge in [0, 0.05) is 0 Å². The second-order valence-corrected chi connectivity index (χ2v) is 7.10. The van der Waals surface area contributed by atoms with Gasteiger partial charge < -0.3 is 24.8 Å². The van der Waals surface area contributed by atoms with E-state index in [0.717, 1.165) is 6.42 Å². The first-order valence-corrected chi connectivity index (χ1v) is 8.25. The summed E-state index contributed by atoms with van der Waals surface area (Å²) in [4.78, 5) is 0. The van der Waals surface area contributed by atoms with E-state index in [9.17, 15) is 0 Å². The van der Waals surface area contributed by atoms with Crippen molar-refractivity contribution in [2.45, 2.75) is 13.3 Å². The van der Waals surface area contributed by atoms with Crippen molar-refractivity contribution >= 4 is 18.7 Å². The van der Waals surface area contributed by atoms with Crippen LogP contribution in [0.4, 0.5) is 0 Å². The number of hydrogen-bond acceptors (Lipinski definition) is 0. The number of allylic oxidation sites excluding steroid dienone is 4. The van der Waals surface area contributed by atoms with Gasteiger partial charge in [-0.05, 0) is 6.16 Å². The maximum Gasteiger partial charge on any atom is 4.00 e. The van der Waals surface area contributed by atoms with Crippen molar-refractivity contribution < 1.29 is 50.7 Å². The van der Waals surface area contributed by atoms with E-state index in [1.165, 1.54) is 23.1 Å². The van der Waals surface area contributed by atoms with Crippen molar-refractivity contribution in [3.63, 3.8) is 0 Å². The molecule has 0 radical (unpaired) electrons. The van der Waals surface area contributed by atoms with E-state index >= 15 is 0 Å². The minimum atomic E-state index is 0. The molecule has 2 aromatic rings. The molecule has 2 aliphatic rings. The Labute approximate surface area is 159 Å². The van der Waals surface area contributed by atoms with Gasteiger partial charge in [0.15, 0.2) is 0 Å². The quantitative estimate of drug-likeness (QED) is 0.270. The molecule has 1 aliphatic carbocycles. The largest absolute Gasteiger partial charge is 4.00 e. The van der Waals surface area contributed by atoms with E-state index in [0.29, 0.717) is 7.92 Å². The molecule has 0 N–H and O–H groups in total. The molecule has 1 saturated heterocycles. The van der Waals surface area contributed by atoms with Gasteiger partial charge in [0.05, 0.1) is 0 Å². The van der Waals surface area contributed by atoms with Crippen LogP contribution in [0.3, 0.4) is 0 Å². The summed E-state index contributed by atoms with van der Waals surface area (Å²) in [6.07, 6.45) is 9.60. The van der Waals surface area contributed by atoms with E-state index in [1.54, 1.807) is 10.9 Å². The monoisotopic (exact) mass is 502 g/mol. The minimum absolute atomic E-state index is 0. The van der Waals surface area contributed by atoms with Gasteiger partial charge in [0.25, 0.3) is 0 Å². The number of benzene rings is 1. The van der Waals surface area contributed by atoms with Crippen molar-refractivity contribution in [3.05, 3.63) is 65.5 Å². The van der Waals surface area contributed by atoms with Crippen LogP contribution in [-0.4, -0.2) is 12.3 Å². The Bertz CT molecular complexity index is 586. The number of fused-ring (bicyclic) bond motifs is 2. The fraction of sp³-hybridized carbons (Fsp3) is 0.235. The SMILES string of the molecule is CCP1CC2=CC[C-]=C21.[Cl-].[Cl-].[Hf+4].c1ccc2[cH-]ccc2c1. The maximum absolute atomic E-state index is 3.41. The Balaban J connectivity index is 0.000000333. The van der Waals surface area contributed by atoms with Crippen LogP contribution in [-0.2, 0) is 25.8 Å². The molecule has 0 nitrogen and oxygen atoms in total. The maximum atomic E-state index is 3.41. The van der Waals surface area contributed by atoms with Gasteiger partial charge in [-0.25, -0.2) is 0 Å². The Morgan fingerprint density at radius 2 is 1.95 bits per heavy atom. The van der Waals surface area contributed by atoms with Crippen molar-refractivity contribution in [3.8, 4) is 0 Å². The molecule has 0 bridgehead atoms. The van der Waals surface area contributed by atoms with Crippen LogP contribution in [0.1, 0.15) is 13.3 Å². The molecule has 2 aromatic carbocycles. The zero-order chi connectivity index (χ0) is 12.4. The molecule has 4 rings (SSSR count). The fourth-order valence-electron chi connectivity index (χ4n) is 2.47. The van der Waals surface area contributed by atoms with Crippen LogP contribution in [0, 0.1) is 6.08 Å². The Morgan fingerprint density at radius 3 is 2.62 bits per heavy atom. The summed E-state index contributed by atoms with van der Waals surface area (Å²) in [7, 11) is 0.301. The summed E-state index contributed by atoms with van der Waals surface area (Å²) < 4.78 is 0. The summed E-state index contributed by atoms with van der Waals surface area (Å²) in [6.45, 7) is 2.29. The third kappa shape index (κ3) is 4.83. The summed E-state index contributed by atoms with van der Waals surface area (Å²) >= 11 is 0. The molecule has 0 aromatic heterocycles. The smallest absolute Gasteiger partial charge is 1.00 e. The number of hydrogen-bond donors (Lipinski definition) is 0. The number of rotatable bonds is 1. The topological polar surface area (TPSA) is 0 Å². The second-order valence-electron chi connectivity index (χ2n) is 4.63. The molecule has 108 valence electrons. The fourth-order valence-corrected chi connectivity index (χ4v) is 4.49. The second kappa shape index (κ2) is 10.1. The average Bonchev–Trinajstić information content (AvgIpc) is 2.98. The van der Waals surface area contributed by atoms with Crippen LogP contribution >= 0.6 is 7.92 Å². The molecule has 1 unspecified atom stereocenters. The predicted octanol–water partition coefficient (Wildman–Crippen LogP) is -0.917. The molecule has 1 fully saturated rings. The molecule has 1 aliphatic heterocycles. The third-order valence-electron chi connectivity index (χ3n) is 3.53. The van der Waals surface area contributed by atoms with Gasteiger partial charge >= 0.3 is 25.8 Å². The molecule has 0 saturated carbocycles. The first kappa shape index (κ1) is 21.2. The molecule has 0 amide bonds. The Kier molecular flexibility index (Phi) is 10.1. The zero-order valence-corrected chi connectivity index (χ0v) is 17.9. The van der Waals surface area contributed by atoms with E-state index in [1.807, 2.05) is 0 Å². The third-order valence-corrected chi connectivity index (χ3v) is 6.09. The summed E-state index contributed by atoms with van der Waals surface area (Å²) in [6, 6.07) is 14.7. The van der Waals surface area contributed by atoms with Crippen molar-refractivity contribution in [1.82, 2.24) is 0 Å². The molecule has 21 heavy (non-hydrogen) atoms. The molecule has 4 heteroatoms. The van der Waals surface area contributed by atoms with Crippen LogP contribution in [0.5, 0.6) is 0 Å². The van der Waals surface area contributed by atoms with Crippen LogP contribution in [0.25, 0.3) is 10.8 Å². The van der Waals surface area contributed by atoms with Crippen LogP contribution in [0.15, 0.2) is 59.4 Å². The van der Waals surface area contributed by atoms with Gasteiger partial charge in [0.2, 0.25) is 0 Å². The normalized spacial score (nSPS) is 17.5. The Morgan fingerprint density at radius 1 is 1.19 bits per heavy atom. The summed E-state index contributed by atoms with van der Waals surface area (Å²) in [5.74, 6) is 0. The predicted molar refractivity (Wildman–Crippen MR) is 81.3 cm³/mol. The number of halogens is 2. The van der Waals surface area contributed by atoms with Gasteiger partial charge in [-0.15, -0.1) is 44.0 Å². The first-order chi connectivity index (χ1) is 8.88. The van der Waals surface area contributed by atoms with Crippen molar-refractivity contribution in [2.75, 3.05) is 12.3 Å².